The molecule has 2 heterocycles. The molecule has 6 rings (SSSR count). The zero-order valence-electron chi connectivity index (χ0n) is 27.5. The molecule has 0 bridgehead atoms. The van der Waals surface area contributed by atoms with Crippen LogP contribution in [0.5, 0.6) is 0 Å². The number of carbonyl (C=O) groups excluding carboxylic acids is 4. The van der Waals surface area contributed by atoms with Gasteiger partial charge < -0.3 is 24.6 Å². The van der Waals surface area contributed by atoms with Gasteiger partial charge in [0.2, 0.25) is 6.08 Å². The van der Waals surface area contributed by atoms with Crippen molar-refractivity contribution in [1.29, 1.82) is 0 Å². The molecule has 2 aromatic rings. The zero-order valence-corrected chi connectivity index (χ0v) is 29.1. The van der Waals surface area contributed by atoms with E-state index in [-0.39, 0.29) is 16.9 Å². The first-order valence-electron chi connectivity index (χ1n) is 16.1. The first kappa shape index (κ1) is 36.7. The Morgan fingerprint density at radius 3 is 1.83 bits per heavy atom. The number of ether oxygens (including phenoxy) is 3. The van der Waals surface area contributed by atoms with Crippen LogP contribution in [0.25, 0.3) is 11.1 Å². The highest BCUT2D eigenvalue weighted by Gasteiger charge is 2.53. The van der Waals surface area contributed by atoms with E-state index in [1.807, 2.05) is 38.1 Å². The number of hydrogen-bond acceptors (Lipinski definition) is 9. The van der Waals surface area contributed by atoms with Crippen LogP contribution in [0.1, 0.15) is 87.5 Å². The molecule has 0 radical (unpaired) electrons. The fourth-order valence-electron chi connectivity index (χ4n) is 6.37. The van der Waals surface area contributed by atoms with Gasteiger partial charge in [-0.2, -0.15) is 0 Å². The molecular formula is C36H40Cl2N2O8. The minimum atomic E-state index is -0.843. The maximum Gasteiger partial charge on any atom is 0.412 e. The fourth-order valence-corrected chi connectivity index (χ4v) is 6.79. The minimum absolute atomic E-state index is 0.0579. The highest BCUT2D eigenvalue weighted by molar-refractivity contribution is 6.35. The molecule has 2 spiro atoms. The Labute approximate surface area is 290 Å². The number of halogens is 2. The highest BCUT2D eigenvalue weighted by Crippen LogP contribution is 2.49. The summed E-state index contributed by atoms with van der Waals surface area (Å²) in [5.41, 5.74) is 1.91. The number of benzene rings is 2. The van der Waals surface area contributed by atoms with Crippen LogP contribution >= 0.6 is 23.2 Å². The Hall–Kier alpha value is -4.11. The average Bonchev–Trinajstić information content (AvgIpc) is 3.82. The lowest BCUT2D eigenvalue weighted by molar-refractivity contribution is -0.147. The van der Waals surface area contributed by atoms with Gasteiger partial charge in [-0.05, 0) is 103 Å². The molecule has 2 aliphatic heterocycles. The molecule has 0 aromatic heterocycles. The predicted octanol–water partition coefficient (Wildman–Crippen LogP) is 8.10. The summed E-state index contributed by atoms with van der Waals surface area (Å²) in [5, 5.41) is 13.9. The summed E-state index contributed by atoms with van der Waals surface area (Å²) in [6, 6.07) is 10.8. The highest BCUT2D eigenvalue weighted by atomic mass is 35.5. The lowest BCUT2D eigenvalue weighted by atomic mass is 9.94. The number of aryl methyl sites for hydroxylation is 2. The Kier molecular flexibility index (Phi) is 12.1. The van der Waals surface area contributed by atoms with E-state index < -0.39 is 29.2 Å². The molecule has 0 unspecified atom stereocenters. The van der Waals surface area contributed by atoms with E-state index in [1.165, 1.54) is 6.08 Å². The van der Waals surface area contributed by atoms with Crippen LogP contribution < -0.4 is 5.32 Å². The molecule has 2 aromatic carbocycles. The Morgan fingerprint density at radius 1 is 0.875 bits per heavy atom. The predicted molar refractivity (Wildman–Crippen MR) is 182 cm³/mol. The molecule has 2 aliphatic carbocycles. The van der Waals surface area contributed by atoms with Gasteiger partial charge in [0.25, 0.3) is 0 Å². The summed E-state index contributed by atoms with van der Waals surface area (Å²) in [4.78, 5) is 49.0. The summed E-state index contributed by atoms with van der Waals surface area (Å²) < 4.78 is 16.7. The molecule has 1 amide bonds. The van der Waals surface area contributed by atoms with Crippen molar-refractivity contribution < 1.29 is 38.5 Å². The first-order valence-corrected chi connectivity index (χ1v) is 16.8. The second kappa shape index (κ2) is 15.9. The molecular weight excluding hydrogens is 659 g/mol. The lowest BCUT2D eigenvalue weighted by Gasteiger charge is -2.24. The average molecular weight is 700 g/mol. The van der Waals surface area contributed by atoms with Crippen molar-refractivity contribution in [2.75, 3.05) is 13.1 Å². The smallest absolute Gasteiger partial charge is 0.412 e. The molecule has 12 heteroatoms. The third-order valence-corrected chi connectivity index (χ3v) is 9.30. The fraction of sp³-hybridized carbons (Fsp3) is 0.444. The number of amides is 1. The molecule has 4 aliphatic rings. The van der Waals surface area contributed by atoms with Crippen molar-refractivity contribution >= 4 is 58.5 Å². The molecule has 0 saturated heterocycles. The molecule has 2 N–H and O–H groups in total. The van der Waals surface area contributed by atoms with Gasteiger partial charge in [-0.25, -0.2) is 24.2 Å². The topological polar surface area (TPSA) is 141 Å². The van der Waals surface area contributed by atoms with Crippen LogP contribution in [-0.2, 0) is 28.6 Å². The van der Waals surface area contributed by atoms with E-state index in [0.717, 1.165) is 36.8 Å². The summed E-state index contributed by atoms with van der Waals surface area (Å²) in [6.45, 7) is 8.40. The number of alkyl carbamates (subject to hydrolysis) is 1. The minimum Gasteiger partial charge on any atom is -0.507 e. The summed E-state index contributed by atoms with van der Waals surface area (Å²) in [7, 11) is 0. The summed E-state index contributed by atoms with van der Waals surface area (Å²) in [6.07, 6.45) is 7.27. The number of nitrogens with one attached hydrogen (secondary N) is 1. The Balaban J connectivity index is 0.000000194. The van der Waals surface area contributed by atoms with Gasteiger partial charge in [0.05, 0.1) is 0 Å². The number of carbonyl (C=O) groups is 3. The van der Waals surface area contributed by atoms with E-state index >= 15 is 0 Å². The van der Waals surface area contributed by atoms with Gasteiger partial charge in [0, 0.05) is 34.3 Å². The van der Waals surface area contributed by atoms with Gasteiger partial charge in [0.1, 0.15) is 11.1 Å². The van der Waals surface area contributed by atoms with E-state index in [9.17, 15) is 19.5 Å². The quantitative estimate of drug-likeness (QED) is 0.138. The molecule has 256 valence electrons. The first-order chi connectivity index (χ1) is 22.9. The summed E-state index contributed by atoms with van der Waals surface area (Å²) >= 11 is 12.5. The van der Waals surface area contributed by atoms with Crippen molar-refractivity contribution in [3.05, 3.63) is 80.2 Å². The van der Waals surface area contributed by atoms with Crippen LogP contribution in [-0.4, -0.2) is 53.5 Å². The maximum absolute atomic E-state index is 12.6. The molecule has 48 heavy (non-hydrogen) atoms. The van der Waals surface area contributed by atoms with Crippen molar-refractivity contribution in [3.63, 3.8) is 0 Å². The third kappa shape index (κ3) is 7.78. The van der Waals surface area contributed by atoms with Crippen LogP contribution in [0.4, 0.5) is 4.79 Å². The maximum atomic E-state index is 12.6. The van der Waals surface area contributed by atoms with Crippen molar-refractivity contribution in [1.82, 2.24) is 5.32 Å². The monoisotopic (exact) mass is 698 g/mol. The molecule has 0 atom stereocenters. The standard InChI is InChI=1S/C18H20ClNO4.C15H15ClO3.C3H5NO/c1-3-20-17(22)23-15-14(12-10-11(2)6-7-13(12)19)16(21)24-18(15)8-4-5-9-18;1-9-4-5-11(16)10(8-9)12-13(17)15(19-14(12)18)6-2-3-7-15;1-2-4-3-5/h6-7,10H,3-5,8-9H2,1-2H3,(H,20,22);4-5,8,17H,2-3,6-7H2,1H3;2H2,1H3. The van der Waals surface area contributed by atoms with Crippen molar-refractivity contribution in [2.24, 2.45) is 4.99 Å². The largest absolute Gasteiger partial charge is 0.507 e. The second-order valence-electron chi connectivity index (χ2n) is 12.1. The number of nitrogens with zero attached hydrogens (tertiary/aromatic N) is 1. The summed E-state index contributed by atoms with van der Waals surface area (Å²) in [5.74, 6) is -0.596. The van der Waals surface area contributed by atoms with Crippen molar-refractivity contribution in [3.8, 4) is 0 Å². The van der Waals surface area contributed by atoms with E-state index in [0.29, 0.717) is 65.7 Å². The van der Waals surface area contributed by atoms with Gasteiger partial charge in [-0.1, -0.05) is 46.5 Å². The number of aliphatic hydroxyl groups is 1. The van der Waals surface area contributed by atoms with Gasteiger partial charge in [-0.3, -0.25) is 0 Å². The van der Waals surface area contributed by atoms with Crippen LogP contribution in [0, 0.1) is 13.8 Å². The third-order valence-electron chi connectivity index (χ3n) is 8.64. The lowest BCUT2D eigenvalue weighted by Crippen LogP contribution is -2.33. The van der Waals surface area contributed by atoms with Crippen LogP contribution in [0.2, 0.25) is 10.0 Å². The van der Waals surface area contributed by atoms with Crippen LogP contribution in [0.3, 0.4) is 0 Å². The number of esters is 2. The van der Waals surface area contributed by atoms with Gasteiger partial charge in [-0.15, -0.1) is 0 Å². The van der Waals surface area contributed by atoms with Crippen molar-refractivity contribution in [2.45, 2.75) is 90.3 Å². The Bertz CT molecular complexity index is 1680. The number of aliphatic imine (C=N–C) groups is 1. The second-order valence-corrected chi connectivity index (χ2v) is 12.9. The van der Waals surface area contributed by atoms with Crippen LogP contribution in [0.15, 0.2) is 52.9 Å². The normalized spacial score (nSPS) is 18.5. The number of rotatable bonds is 5. The van der Waals surface area contributed by atoms with E-state index in [4.69, 9.17) is 42.2 Å². The molecule has 10 nitrogen and oxygen atoms in total. The molecule has 2 fully saturated rings. The van der Waals surface area contributed by atoms with E-state index in [1.54, 1.807) is 26.0 Å². The molecule has 2 saturated carbocycles. The van der Waals surface area contributed by atoms with E-state index in [2.05, 4.69) is 10.3 Å². The SMILES string of the molecule is CCN=C=O.CCNC(=O)OC1=C(c2cc(C)ccc2Cl)C(=O)OC12CCCC2.Cc1ccc(Cl)c(C2=C(O)C3(CCCC3)OC2=O)c1. The number of aliphatic hydroxyl groups excluding tert-OH is 1. The Morgan fingerprint density at radius 2 is 1.35 bits per heavy atom. The number of isocyanates is 1. The zero-order chi connectivity index (χ0) is 35.1. The van der Waals surface area contributed by atoms with Gasteiger partial charge >= 0.3 is 18.0 Å². The van der Waals surface area contributed by atoms with Gasteiger partial charge in [0.15, 0.2) is 22.7 Å². The number of hydrogen-bond donors (Lipinski definition) is 2.